The van der Waals surface area contributed by atoms with Crippen LogP contribution in [0.25, 0.3) is 0 Å². The molecule has 4 aliphatic rings. The molecule has 192 valence electrons. The first-order valence-electron chi connectivity index (χ1n) is 12.8. The molecule has 0 spiro atoms. The third-order valence-corrected chi connectivity index (χ3v) is 9.11. The lowest BCUT2D eigenvalue weighted by molar-refractivity contribution is -0.155. The number of halogens is 2. The summed E-state index contributed by atoms with van der Waals surface area (Å²) in [7, 11) is 0. The fourth-order valence-electron chi connectivity index (χ4n) is 6.67. The number of amides is 3. The molecule has 4 aromatic rings. The van der Waals surface area contributed by atoms with E-state index in [9.17, 15) is 14.4 Å². The van der Waals surface area contributed by atoms with Crippen molar-refractivity contribution < 1.29 is 14.4 Å². The highest BCUT2D eigenvalue weighted by Crippen LogP contribution is 2.61. The fraction of sp³-hybridized carbons (Fsp3) is 0.156. The first-order valence-corrected chi connectivity index (χ1v) is 14.0. The molecule has 2 bridgehead atoms. The summed E-state index contributed by atoms with van der Waals surface area (Å²) in [5, 5.41) is 2.66. The van der Waals surface area contributed by atoms with Crippen molar-refractivity contribution in [2.24, 2.45) is 11.8 Å². The van der Waals surface area contributed by atoms with Crippen LogP contribution in [-0.4, -0.2) is 27.7 Å². The minimum Gasteiger partial charge on any atom is -0.272 e. The summed E-state index contributed by atoms with van der Waals surface area (Å²) in [6, 6.07) is 30.4. The summed E-state index contributed by atoms with van der Waals surface area (Å²) >= 11 is 9.87. The second kappa shape index (κ2) is 9.18. The van der Waals surface area contributed by atoms with Gasteiger partial charge in [0.15, 0.2) is 0 Å². The van der Waals surface area contributed by atoms with Crippen LogP contribution in [0.5, 0.6) is 0 Å². The summed E-state index contributed by atoms with van der Waals surface area (Å²) in [6.07, 6.45) is 0. The van der Waals surface area contributed by atoms with Gasteiger partial charge in [-0.05, 0) is 52.1 Å². The average Bonchev–Trinajstić information content (AvgIpc) is 3.22. The van der Waals surface area contributed by atoms with Gasteiger partial charge in [0.1, 0.15) is 0 Å². The van der Waals surface area contributed by atoms with Crippen LogP contribution in [0.15, 0.2) is 102 Å². The number of benzene rings is 4. The highest BCUT2D eigenvalue weighted by Gasteiger charge is 2.63. The lowest BCUT2D eigenvalue weighted by atomic mass is 9.55. The van der Waals surface area contributed by atoms with Crippen LogP contribution in [0.3, 0.4) is 0 Å². The summed E-state index contributed by atoms with van der Waals surface area (Å²) in [5.41, 5.74) is 5.36. The lowest BCUT2D eigenvalue weighted by Crippen LogP contribution is -2.50. The maximum atomic E-state index is 14.3. The van der Waals surface area contributed by atoms with Gasteiger partial charge in [-0.15, -0.1) is 0 Å². The van der Waals surface area contributed by atoms with E-state index in [1.165, 1.54) is 5.01 Å². The minimum atomic E-state index is -0.584. The molecule has 0 N–H and O–H groups in total. The molecule has 0 saturated carbocycles. The molecule has 0 unspecified atom stereocenters. The molecule has 5 nitrogen and oxygen atoms in total. The molecule has 1 heterocycles. The third kappa shape index (κ3) is 3.62. The number of hydrogen-bond donors (Lipinski definition) is 0. The summed E-state index contributed by atoms with van der Waals surface area (Å²) < 4.78 is 0.890. The molecule has 7 heteroatoms. The number of hydrogen-bond acceptors (Lipinski definition) is 3. The molecule has 8 rings (SSSR count). The van der Waals surface area contributed by atoms with Crippen LogP contribution in [0.2, 0.25) is 5.02 Å². The van der Waals surface area contributed by atoms with Crippen molar-refractivity contribution in [3.8, 4) is 0 Å². The van der Waals surface area contributed by atoms with Crippen LogP contribution >= 0.6 is 27.5 Å². The SMILES string of the molecule is O=C(c1ccccc1Cl)N(Cc1ccc(Br)cc1)N1C(=O)[C@@H]2C3c4ccccc4C(c4ccccc43)[C@H]2C1=O. The first-order chi connectivity index (χ1) is 19.0. The van der Waals surface area contributed by atoms with Crippen LogP contribution in [0.1, 0.15) is 50.0 Å². The van der Waals surface area contributed by atoms with Gasteiger partial charge in [-0.3, -0.25) is 14.4 Å². The number of imide groups is 1. The summed E-state index contributed by atoms with van der Waals surface area (Å²) in [5.74, 6) is -2.86. The van der Waals surface area contributed by atoms with Gasteiger partial charge in [0.2, 0.25) is 0 Å². The lowest BCUT2D eigenvalue weighted by Gasteiger charge is -2.45. The Bertz CT molecular complexity index is 1550. The Morgan fingerprint density at radius 2 is 1.18 bits per heavy atom. The van der Waals surface area contributed by atoms with Crippen LogP contribution in [0, 0.1) is 11.8 Å². The van der Waals surface area contributed by atoms with Gasteiger partial charge in [0.05, 0.1) is 29.0 Å². The van der Waals surface area contributed by atoms with E-state index in [0.29, 0.717) is 0 Å². The van der Waals surface area contributed by atoms with Crippen LogP contribution < -0.4 is 0 Å². The van der Waals surface area contributed by atoms with E-state index in [4.69, 9.17) is 11.6 Å². The highest BCUT2D eigenvalue weighted by atomic mass is 79.9. The predicted octanol–water partition coefficient (Wildman–Crippen LogP) is 6.55. The molecular formula is C32H22BrClN2O3. The van der Waals surface area contributed by atoms with E-state index in [0.717, 1.165) is 37.3 Å². The van der Waals surface area contributed by atoms with Crippen molar-refractivity contribution in [3.63, 3.8) is 0 Å². The van der Waals surface area contributed by atoms with Crippen LogP contribution in [0.4, 0.5) is 0 Å². The fourth-order valence-corrected chi connectivity index (χ4v) is 7.15. The Morgan fingerprint density at radius 3 is 1.67 bits per heavy atom. The number of nitrogens with zero attached hydrogens (tertiary/aromatic N) is 2. The molecule has 3 aliphatic carbocycles. The van der Waals surface area contributed by atoms with E-state index in [-0.39, 0.29) is 40.8 Å². The second-order valence-corrected chi connectivity index (χ2v) is 11.5. The summed E-state index contributed by atoms with van der Waals surface area (Å²) in [6.45, 7) is 0.0451. The zero-order valence-corrected chi connectivity index (χ0v) is 23.0. The molecule has 2 atom stereocenters. The molecule has 1 fully saturated rings. The van der Waals surface area contributed by atoms with Gasteiger partial charge < -0.3 is 0 Å². The monoisotopic (exact) mass is 596 g/mol. The molecule has 39 heavy (non-hydrogen) atoms. The molecule has 1 saturated heterocycles. The largest absolute Gasteiger partial charge is 0.274 e. The molecule has 0 aromatic heterocycles. The van der Waals surface area contributed by atoms with Crippen molar-refractivity contribution in [2.45, 2.75) is 18.4 Å². The first kappa shape index (κ1) is 24.3. The number of carbonyl (C=O) groups is 3. The van der Waals surface area contributed by atoms with Crippen molar-refractivity contribution in [1.29, 1.82) is 0 Å². The van der Waals surface area contributed by atoms with E-state index in [1.807, 2.05) is 48.5 Å². The second-order valence-electron chi connectivity index (χ2n) is 10.2. The Labute approximate surface area is 239 Å². The van der Waals surface area contributed by atoms with Crippen molar-refractivity contribution in [2.75, 3.05) is 0 Å². The van der Waals surface area contributed by atoms with Gasteiger partial charge in [0.25, 0.3) is 17.7 Å². The Morgan fingerprint density at radius 1 is 0.718 bits per heavy atom. The maximum absolute atomic E-state index is 14.3. The van der Waals surface area contributed by atoms with Crippen molar-refractivity contribution in [3.05, 3.63) is 140 Å². The van der Waals surface area contributed by atoms with Gasteiger partial charge in [0, 0.05) is 16.3 Å². The van der Waals surface area contributed by atoms with E-state index in [1.54, 1.807) is 24.3 Å². The average molecular weight is 598 g/mol. The highest BCUT2D eigenvalue weighted by molar-refractivity contribution is 9.10. The zero-order chi connectivity index (χ0) is 26.8. The van der Waals surface area contributed by atoms with E-state index in [2.05, 4.69) is 40.2 Å². The zero-order valence-electron chi connectivity index (χ0n) is 20.6. The van der Waals surface area contributed by atoms with Crippen LogP contribution in [-0.2, 0) is 16.1 Å². The third-order valence-electron chi connectivity index (χ3n) is 8.25. The van der Waals surface area contributed by atoms with Gasteiger partial charge >= 0.3 is 0 Å². The smallest absolute Gasteiger partial charge is 0.272 e. The Kier molecular flexibility index (Phi) is 5.72. The number of rotatable bonds is 4. The van der Waals surface area contributed by atoms with Gasteiger partial charge in [-0.2, -0.15) is 5.01 Å². The Hall–Kier alpha value is -3.74. The van der Waals surface area contributed by atoms with E-state index >= 15 is 0 Å². The Balaban J connectivity index is 1.36. The molecular weight excluding hydrogens is 576 g/mol. The summed E-state index contributed by atoms with van der Waals surface area (Å²) in [4.78, 5) is 42.7. The molecule has 3 amide bonds. The minimum absolute atomic E-state index is 0.0451. The van der Waals surface area contributed by atoms with Crippen molar-refractivity contribution >= 4 is 45.3 Å². The standard InChI is InChI=1S/C32H22BrClN2O3/c33-19-15-13-18(14-16-19)17-35(30(37)24-11-5-6-12-25(24)34)36-31(38)28-26-20-7-1-2-8-21(20)27(29(28)32(36)39)23-10-4-3-9-22(23)26/h1-16,26-29H,17H2/t26?,27?,28-,29-/m1/s1. The quantitative estimate of drug-likeness (QED) is 0.251. The molecule has 1 aliphatic heterocycles. The number of hydrazine groups is 1. The van der Waals surface area contributed by atoms with Gasteiger partial charge in [-0.25, -0.2) is 5.01 Å². The normalized spacial score (nSPS) is 22.4. The van der Waals surface area contributed by atoms with Gasteiger partial charge in [-0.1, -0.05) is 100 Å². The number of carbonyl (C=O) groups excluding carboxylic acids is 3. The van der Waals surface area contributed by atoms with E-state index < -0.39 is 17.7 Å². The maximum Gasteiger partial charge on any atom is 0.274 e. The molecule has 0 radical (unpaired) electrons. The van der Waals surface area contributed by atoms with Crippen molar-refractivity contribution in [1.82, 2.24) is 10.0 Å². The topological polar surface area (TPSA) is 57.7 Å². The predicted molar refractivity (Wildman–Crippen MR) is 151 cm³/mol. The molecule has 4 aromatic carbocycles.